The zero-order chi connectivity index (χ0) is 11.7. The molecule has 0 atom stereocenters. The lowest BCUT2D eigenvalue weighted by Crippen LogP contribution is -2.42. The summed E-state index contributed by atoms with van der Waals surface area (Å²) in [4.78, 5) is 26.9. The van der Waals surface area contributed by atoms with E-state index >= 15 is 0 Å². The molecule has 0 aromatic rings. The number of aliphatic hydroxyl groups excluding tert-OH is 1. The van der Waals surface area contributed by atoms with Gasteiger partial charge in [0, 0.05) is 13.1 Å². The van der Waals surface area contributed by atoms with E-state index in [0.717, 1.165) is 0 Å². The van der Waals surface area contributed by atoms with Crippen molar-refractivity contribution in [2.24, 2.45) is 0 Å². The largest absolute Gasteiger partial charge is 0.479 e. The summed E-state index contributed by atoms with van der Waals surface area (Å²) in [6, 6.07) is -0.620. The number of carboxylic acids is 1. The first kappa shape index (κ1) is 13.4. The topological polar surface area (TPSA) is 99.1 Å². The molecule has 7 nitrogen and oxygen atoms in total. The van der Waals surface area contributed by atoms with Gasteiger partial charge in [-0.3, -0.25) is 4.84 Å². The Balaban J connectivity index is 3.90. The van der Waals surface area contributed by atoms with Gasteiger partial charge in [-0.2, -0.15) is 0 Å². The molecule has 7 heteroatoms. The van der Waals surface area contributed by atoms with E-state index in [-0.39, 0.29) is 19.7 Å². The molecule has 0 radical (unpaired) electrons. The molecule has 0 saturated heterocycles. The third-order valence-electron chi connectivity index (χ3n) is 1.36. The maximum atomic E-state index is 11.2. The smallest absolute Gasteiger partial charge is 0.341 e. The summed E-state index contributed by atoms with van der Waals surface area (Å²) in [6.45, 7) is 2.98. The van der Waals surface area contributed by atoms with Crippen LogP contribution in [-0.4, -0.2) is 53.4 Å². The molecule has 2 amide bonds. The van der Waals surface area contributed by atoms with Crippen LogP contribution >= 0.6 is 0 Å². The van der Waals surface area contributed by atoms with Crippen molar-refractivity contribution in [3.8, 4) is 0 Å². The van der Waals surface area contributed by atoms with Gasteiger partial charge in [-0.15, -0.1) is 6.58 Å². The molecule has 0 unspecified atom stereocenters. The molecule has 0 aliphatic carbocycles. The van der Waals surface area contributed by atoms with Crippen molar-refractivity contribution < 1.29 is 24.6 Å². The van der Waals surface area contributed by atoms with E-state index in [4.69, 9.17) is 10.2 Å². The average molecular weight is 218 g/mol. The van der Waals surface area contributed by atoms with Crippen LogP contribution in [0.2, 0.25) is 0 Å². The zero-order valence-corrected chi connectivity index (χ0v) is 8.18. The second-order valence-electron chi connectivity index (χ2n) is 2.55. The summed E-state index contributed by atoms with van der Waals surface area (Å²) in [7, 11) is 0. The number of carbonyl (C=O) groups excluding carboxylic acids is 1. The zero-order valence-electron chi connectivity index (χ0n) is 8.18. The average Bonchev–Trinajstić information content (AvgIpc) is 2.16. The summed E-state index contributed by atoms with van der Waals surface area (Å²) >= 11 is 0. The number of hydrogen-bond acceptors (Lipinski definition) is 4. The maximum Gasteiger partial charge on any atom is 0.341 e. The summed E-state index contributed by atoms with van der Waals surface area (Å²) in [6.07, 6.45) is 1.48. The van der Waals surface area contributed by atoms with Crippen LogP contribution in [-0.2, 0) is 9.63 Å². The number of amides is 2. The fourth-order valence-electron chi connectivity index (χ4n) is 0.776. The fraction of sp³-hybridized carbons (Fsp3) is 0.500. The van der Waals surface area contributed by atoms with Crippen LogP contribution in [0.25, 0.3) is 0 Å². The van der Waals surface area contributed by atoms with Crippen LogP contribution in [0.3, 0.4) is 0 Å². The predicted octanol–water partition coefficient (Wildman–Crippen LogP) is -0.807. The monoisotopic (exact) mass is 218 g/mol. The van der Waals surface area contributed by atoms with Crippen molar-refractivity contribution >= 4 is 12.0 Å². The number of carbonyl (C=O) groups is 2. The summed E-state index contributed by atoms with van der Waals surface area (Å²) in [5.41, 5.74) is 1.93. The van der Waals surface area contributed by atoms with Gasteiger partial charge in [0.2, 0.25) is 0 Å². The van der Waals surface area contributed by atoms with E-state index in [2.05, 4.69) is 11.4 Å². The first-order valence-electron chi connectivity index (χ1n) is 4.22. The van der Waals surface area contributed by atoms with Crippen molar-refractivity contribution in [1.29, 1.82) is 0 Å². The highest BCUT2D eigenvalue weighted by atomic mass is 16.7. The molecule has 0 aromatic carbocycles. The van der Waals surface area contributed by atoms with Gasteiger partial charge >= 0.3 is 12.0 Å². The number of carboxylic acid groups (broad SMARTS) is 1. The van der Waals surface area contributed by atoms with E-state index in [9.17, 15) is 9.59 Å². The Bertz CT molecular complexity index is 231. The Morgan fingerprint density at radius 1 is 1.53 bits per heavy atom. The molecule has 0 spiro atoms. The second kappa shape index (κ2) is 7.77. The van der Waals surface area contributed by atoms with Gasteiger partial charge in [0.25, 0.3) is 0 Å². The molecule has 0 fully saturated rings. The van der Waals surface area contributed by atoms with Crippen molar-refractivity contribution in [2.45, 2.75) is 0 Å². The molecule has 86 valence electrons. The molecule has 0 aliphatic rings. The van der Waals surface area contributed by atoms with Crippen LogP contribution in [0.4, 0.5) is 4.79 Å². The minimum Gasteiger partial charge on any atom is -0.479 e. The predicted molar refractivity (Wildman–Crippen MR) is 51.0 cm³/mol. The van der Waals surface area contributed by atoms with E-state index in [1.807, 2.05) is 5.48 Å². The van der Waals surface area contributed by atoms with Gasteiger partial charge in [-0.25, -0.2) is 15.1 Å². The van der Waals surface area contributed by atoms with Crippen LogP contribution in [0.5, 0.6) is 0 Å². The molecule has 0 rings (SSSR count). The second-order valence-corrected chi connectivity index (χ2v) is 2.55. The number of nitrogens with zero attached hydrogens (tertiary/aromatic N) is 1. The molecule has 0 aliphatic heterocycles. The van der Waals surface area contributed by atoms with Gasteiger partial charge in [-0.05, 0) is 0 Å². The Kier molecular flexibility index (Phi) is 6.94. The first-order valence-corrected chi connectivity index (χ1v) is 4.22. The van der Waals surface area contributed by atoms with Gasteiger partial charge < -0.3 is 15.1 Å². The number of aliphatic hydroxyl groups is 1. The molecule has 0 saturated carbocycles. The quantitative estimate of drug-likeness (QED) is 0.383. The number of urea groups is 1. The van der Waals surface area contributed by atoms with E-state index in [1.165, 1.54) is 11.0 Å². The normalized spacial score (nSPS) is 9.40. The Hall–Kier alpha value is -1.60. The van der Waals surface area contributed by atoms with Gasteiger partial charge in [-0.1, -0.05) is 6.08 Å². The van der Waals surface area contributed by atoms with Crippen LogP contribution in [0.15, 0.2) is 12.7 Å². The molecular weight excluding hydrogens is 204 g/mol. The Morgan fingerprint density at radius 2 is 2.20 bits per heavy atom. The molecule has 15 heavy (non-hydrogen) atoms. The lowest BCUT2D eigenvalue weighted by Gasteiger charge is -2.19. The van der Waals surface area contributed by atoms with Gasteiger partial charge in [0.05, 0.1) is 6.61 Å². The van der Waals surface area contributed by atoms with Crippen LogP contribution in [0.1, 0.15) is 0 Å². The Morgan fingerprint density at radius 3 is 2.67 bits per heavy atom. The number of aliphatic carboxylic acids is 1. The Labute approximate surface area is 86.9 Å². The highest BCUT2D eigenvalue weighted by molar-refractivity contribution is 5.73. The standard InChI is InChI=1S/C8H14N2O5/c1-2-3-10(4-5-11)8(14)9-15-6-7(12)13/h2,11H,1,3-6H2,(H,9,14)(H,12,13). The number of rotatable bonds is 7. The van der Waals surface area contributed by atoms with Gasteiger partial charge in [0.15, 0.2) is 6.61 Å². The highest BCUT2D eigenvalue weighted by Gasteiger charge is 2.11. The molecule has 3 N–H and O–H groups in total. The maximum absolute atomic E-state index is 11.2. The van der Waals surface area contributed by atoms with E-state index < -0.39 is 18.6 Å². The molecule has 0 heterocycles. The summed E-state index contributed by atoms with van der Waals surface area (Å²) < 4.78 is 0. The lowest BCUT2D eigenvalue weighted by atomic mass is 10.5. The summed E-state index contributed by atoms with van der Waals surface area (Å²) in [5.74, 6) is -1.19. The fourth-order valence-corrected chi connectivity index (χ4v) is 0.776. The number of nitrogens with one attached hydrogen (secondary N) is 1. The van der Waals surface area contributed by atoms with E-state index in [1.54, 1.807) is 0 Å². The van der Waals surface area contributed by atoms with Crippen molar-refractivity contribution in [1.82, 2.24) is 10.4 Å². The first-order chi connectivity index (χ1) is 7.11. The third kappa shape index (κ3) is 6.47. The SMILES string of the molecule is C=CCN(CCO)C(=O)NOCC(=O)O. The highest BCUT2D eigenvalue weighted by Crippen LogP contribution is 1.89. The molecule has 0 bridgehead atoms. The van der Waals surface area contributed by atoms with Crippen molar-refractivity contribution in [3.63, 3.8) is 0 Å². The van der Waals surface area contributed by atoms with Crippen LogP contribution < -0.4 is 5.48 Å². The lowest BCUT2D eigenvalue weighted by molar-refractivity contribution is -0.144. The number of hydrogen-bond donors (Lipinski definition) is 3. The third-order valence-corrected chi connectivity index (χ3v) is 1.36. The molecular formula is C8H14N2O5. The molecule has 0 aromatic heterocycles. The summed E-state index contributed by atoms with van der Waals surface area (Å²) in [5, 5.41) is 16.9. The minimum absolute atomic E-state index is 0.119. The van der Waals surface area contributed by atoms with Crippen LogP contribution in [0, 0.1) is 0 Å². The van der Waals surface area contributed by atoms with E-state index in [0.29, 0.717) is 0 Å². The van der Waals surface area contributed by atoms with Gasteiger partial charge in [0.1, 0.15) is 0 Å². The minimum atomic E-state index is -1.19. The van der Waals surface area contributed by atoms with Crippen molar-refractivity contribution in [2.75, 3.05) is 26.3 Å². The number of hydroxylamine groups is 1. The van der Waals surface area contributed by atoms with Crippen molar-refractivity contribution in [3.05, 3.63) is 12.7 Å².